The third kappa shape index (κ3) is 11.0. The first-order valence-corrected chi connectivity index (χ1v) is 12.2. The van der Waals surface area contributed by atoms with Crippen LogP contribution < -0.4 is 11.5 Å². The van der Waals surface area contributed by atoms with E-state index in [0.717, 1.165) is 22.1 Å². The van der Waals surface area contributed by atoms with E-state index >= 15 is 0 Å². The minimum Gasteiger partial charge on any atom is -0.326 e. The lowest BCUT2D eigenvalue weighted by Gasteiger charge is -2.24. The van der Waals surface area contributed by atoms with Crippen molar-refractivity contribution < 1.29 is 0 Å². The van der Waals surface area contributed by atoms with Gasteiger partial charge < -0.3 is 11.5 Å². The molecule has 1 aliphatic carbocycles. The van der Waals surface area contributed by atoms with E-state index in [0.29, 0.717) is 11.4 Å². The molecule has 8 nitrogen and oxygen atoms in total. The summed E-state index contributed by atoms with van der Waals surface area (Å²) in [4.78, 5) is 6.63. The van der Waals surface area contributed by atoms with Gasteiger partial charge in [0.25, 0.3) is 0 Å². The SMILES string of the molecule is N[C@H]1CCCC[C@@H]1N.[C-]#[N+]c1cccc(-n2cccn2)c1.[C-]#[N+]c1cccc(I)c1.c1cn[nH]c1. The Kier molecular flexibility index (Phi) is 12.8. The molecule has 5 rings (SSSR count). The first-order chi connectivity index (χ1) is 17.0. The molecule has 2 aromatic heterocycles. The largest absolute Gasteiger partial charge is 0.326 e. The molecule has 9 heteroatoms. The van der Waals surface area contributed by atoms with E-state index in [4.69, 9.17) is 24.6 Å². The van der Waals surface area contributed by atoms with Crippen molar-refractivity contribution in [3.8, 4) is 5.69 Å². The van der Waals surface area contributed by atoms with Crippen LogP contribution in [0.1, 0.15) is 25.7 Å². The van der Waals surface area contributed by atoms with Gasteiger partial charge in [0.15, 0.2) is 11.4 Å². The van der Waals surface area contributed by atoms with Crippen molar-refractivity contribution in [3.63, 3.8) is 0 Å². The average Bonchev–Trinajstić information content (AvgIpc) is 3.64. The second kappa shape index (κ2) is 16.2. The molecule has 0 radical (unpaired) electrons. The fourth-order valence-corrected chi connectivity index (χ4v) is 3.60. The second-order valence-corrected chi connectivity index (χ2v) is 8.80. The summed E-state index contributed by atoms with van der Waals surface area (Å²) in [5.74, 6) is 0. The molecular weight excluding hydrogens is 551 g/mol. The molecule has 2 heterocycles. The summed E-state index contributed by atoms with van der Waals surface area (Å²) < 4.78 is 2.84. The van der Waals surface area contributed by atoms with Gasteiger partial charge in [-0.2, -0.15) is 10.2 Å². The molecule has 0 unspecified atom stereocenters. The first kappa shape index (κ1) is 27.7. The summed E-state index contributed by atoms with van der Waals surface area (Å²) in [5, 5.41) is 10.3. The molecule has 0 saturated heterocycles. The number of hydrogen-bond acceptors (Lipinski definition) is 4. The lowest BCUT2D eigenvalue weighted by atomic mass is 9.92. The monoisotopic (exact) mass is 580 g/mol. The van der Waals surface area contributed by atoms with E-state index in [-0.39, 0.29) is 12.1 Å². The van der Waals surface area contributed by atoms with Crippen molar-refractivity contribution in [2.45, 2.75) is 37.8 Å². The van der Waals surface area contributed by atoms with E-state index < -0.39 is 0 Å². The summed E-state index contributed by atoms with van der Waals surface area (Å²) in [6.45, 7) is 13.5. The van der Waals surface area contributed by atoms with Crippen LogP contribution in [0.3, 0.4) is 0 Å². The van der Waals surface area contributed by atoms with Crippen LogP contribution in [0.2, 0.25) is 0 Å². The quantitative estimate of drug-likeness (QED) is 0.193. The highest BCUT2D eigenvalue weighted by Gasteiger charge is 2.16. The Morgan fingerprint density at radius 1 is 0.886 bits per heavy atom. The lowest BCUT2D eigenvalue weighted by Crippen LogP contribution is -2.43. The van der Waals surface area contributed by atoms with E-state index in [9.17, 15) is 0 Å². The summed E-state index contributed by atoms with van der Waals surface area (Å²) >= 11 is 2.19. The van der Waals surface area contributed by atoms with E-state index in [2.05, 4.69) is 47.6 Å². The fourth-order valence-electron chi connectivity index (χ4n) is 3.08. The van der Waals surface area contributed by atoms with Crippen molar-refractivity contribution in [1.29, 1.82) is 0 Å². The second-order valence-electron chi connectivity index (χ2n) is 7.55. The molecule has 5 N–H and O–H groups in total. The number of H-pyrrole nitrogens is 1. The molecule has 0 bridgehead atoms. The zero-order valence-electron chi connectivity index (χ0n) is 19.3. The molecule has 2 atom stereocenters. The van der Waals surface area contributed by atoms with E-state index in [1.54, 1.807) is 41.5 Å². The summed E-state index contributed by atoms with van der Waals surface area (Å²) in [7, 11) is 0. The molecule has 1 fully saturated rings. The van der Waals surface area contributed by atoms with Gasteiger partial charge in [-0.15, -0.1) is 0 Å². The van der Waals surface area contributed by atoms with Gasteiger partial charge in [0.05, 0.1) is 18.8 Å². The molecule has 0 aliphatic heterocycles. The number of rotatable bonds is 1. The van der Waals surface area contributed by atoms with Gasteiger partial charge >= 0.3 is 0 Å². The van der Waals surface area contributed by atoms with Crippen molar-refractivity contribution in [2.24, 2.45) is 11.5 Å². The number of aromatic amines is 1. The van der Waals surface area contributed by atoms with Crippen molar-refractivity contribution in [2.75, 3.05) is 0 Å². The topological polar surface area (TPSA) is 107 Å². The van der Waals surface area contributed by atoms with Gasteiger partial charge in [-0.1, -0.05) is 43.2 Å². The molecule has 0 spiro atoms. The molecule has 0 amide bonds. The molecule has 35 heavy (non-hydrogen) atoms. The normalized spacial score (nSPS) is 15.9. The van der Waals surface area contributed by atoms with Crippen LogP contribution in [0.25, 0.3) is 15.4 Å². The molecular formula is C26H29IN8. The van der Waals surface area contributed by atoms with Crippen molar-refractivity contribution >= 4 is 34.0 Å². The van der Waals surface area contributed by atoms with Gasteiger partial charge in [0.2, 0.25) is 0 Å². The third-order valence-corrected chi connectivity index (χ3v) is 5.62. The molecule has 4 aromatic rings. The lowest BCUT2D eigenvalue weighted by molar-refractivity contribution is 0.385. The summed E-state index contributed by atoms with van der Waals surface area (Å²) in [5.41, 5.74) is 13.6. The summed E-state index contributed by atoms with van der Waals surface area (Å²) in [6.07, 6.45) is 11.8. The number of hydrogen-bond donors (Lipinski definition) is 3. The number of aromatic nitrogens is 4. The van der Waals surface area contributed by atoms with E-state index in [1.165, 1.54) is 12.8 Å². The van der Waals surface area contributed by atoms with Crippen LogP contribution in [0.5, 0.6) is 0 Å². The zero-order chi connectivity index (χ0) is 25.3. The Morgan fingerprint density at radius 3 is 1.97 bits per heavy atom. The highest BCUT2D eigenvalue weighted by Crippen LogP contribution is 2.16. The van der Waals surface area contributed by atoms with Crippen LogP contribution in [-0.4, -0.2) is 32.1 Å². The Balaban J connectivity index is 0.000000173. The maximum absolute atomic E-state index is 6.86. The molecule has 1 saturated carbocycles. The van der Waals surface area contributed by atoms with Gasteiger partial charge in [0, 0.05) is 40.4 Å². The number of nitrogens with zero attached hydrogens (tertiary/aromatic N) is 5. The number of halogens is 1. The van der Waals surface area contributed by atoms with Crippen LogP contribution in [0.15, 0.2) is 85.5 Å². The van der Waals surface area contributed by atoms with Gasteiger partial charge in [0.1, 0.15) is 0 Å². The number of nitrogens with one attached hydrogen (secondary N) is 1. The molecule has 180 valence electrons. The van der Waals surface area contributed by atoms with Gasteiger partial charge in [-0.05, 0) is 65.8 Å². The Morgan fingerprint density at radius 2 is 1.54 bits per heavy atom. The minimum absolute atomic E-state index is 0.281. The highest BCUT2D eigenvalue weighted by atomic mass is 127. The standard InChI is InChI=1S/C10H7N3.C7H4IN.C6H14N2.C3H4N2/c1-11-9-4-2-5-10(8-9)13-7-3-6-12-13;1-9-7-4-2-3-6(8)5-7;7-5-3-1-2-4-6(5)8;1-2-4-5-3-1/h2-8H;2-5H;5-6H,1-4,7-8H2;1-3H,(H,4,5)/t;;5-,6-;/m..0./s1. The van der Waals surface area contributed by atoms with Gasteiger partial charge in [-0.3, -0.25) is 5.10 Å². The Labute approximate surface area is 220 Å². The number of benzene rings is 2. The maximum atomic E-state index is 6.86. The molecule has 2 aromatic carbocycles. The van der Waals surface area contributed by atoms with Gasteiger partial charge in [-0.25, -0.2) is 14.4 Å². The van der Waals surface area contributed by atoms with Crippen LogP contribution >= 0.6 is 22.6 Å². The van der Waals surface area contributed by atoms with E-state index in [1.807, 2.05) is 48.7 Å². The smallest absolute Gasteiger partial charge is 0.189 e. The minimum atomic E-state index is 0.281. The highest BCUT2D eigenvalue weighted by molar-refractivity contribution is 14.1. The predicted octanol–water partition coefficient (Wildman–Crippen LogP) is 5.89. The number of nitrogens with two attached hydrogens (primary N) is 2. The Hall–Kier alpha value is -3.51. The fraction of sp³-hybridized carbons (Fsp3) is 0.231. The zero-order valence-corrected chi connectivity index (χ0v) is 21.5. The summed E-state index contributed by atoms with van der Waals surface area (Å²) in [6, 6.07) is 19.1. The Bertz CT molecular complexity index is 1150. The average molecular weight is 580 g/mol. The van der Waals surface area contributed by atoms with Crippen molar-refractivity contribution in [3.05, 3.63) is 112 Å². The third-order valence-electron chi connectivity index (χ3n) is 4.95. The maximum Gasteiger partial charge on any atom is 0.189 e. The van der Waals surface area contributed by atoms with Crippen LogP contribution in [-0.2, 0) is 0 Å². The predicted molar refractivity (Wildman–Crippen MR) is 148 cm³/mol. The van der Waals surface area contributed by atoms with Crippen LogP contribution in [0, 0.1) is 16.7 Å². The first-order valence-electron chi connectivity index (χ1n) is 11.1. The van der Waals surface area contributed by atoms with Crippen molar-refractivity contribution in [1.82, 2.24) is 20.0 Å². The molecule has 1 aliphatic rings. The van der Waals surface area contributed by atoms with Crippen LogP contribution in [0.4, 0.5) is 11.4 Å².